The fourth-order valence-electron chi connectivity index (χ4n) is 2.22. The lowest BCUT2D eigenvalue weighted by atomic mass is 10.2. The Labute approximate surface area is 131 Å². The van der Waals surface area contributed by atoms with E-state index in [4.69, 9.17) is 5.73 Å². The monoisotopic (exact) mass is 316 g/mol. The molecule has 114 valence electrons. The van der Waals surface area contributed by atoms with Gasteiger partial charge in [-0.2, -0.15) is 0 Å². The highest BCUT2D eigenvalue weighted by Gasteiger charge is 2.16. The maximum Gasteiger partial charge on any atom is 0.242 e. The van der Waals surface area contributed by atoms with Crippen LogP contribution in [0.5, 0.6) is 0 Å². The highest BCUT2D eigenvalue weighted by atomic mass is 32.1. The van der Waals surface area contributed by atoms with E-state index in [1.807, 2.05) is 35.8 Å². The van der Waals surface area contributed by atoms with Gasteiger partial charge in [-0.15, -0.1) is 10.2 Å². The van der Waals surface area contributed by atoms with Crippen molar-refractivity contribution in [1.29, 1.82) is 0 Å². The van der Waals surface area contributed by atoms with E-state index in [2.05, 4.69) is 20.5 Å². The molecule has 7 nitrogen and oxygen atoms in total. The first-order valence-corrected chi connectivity index (χ1v) is 7.74. The fraction of sp³-hybridized carbons (Fsp3) is 0.286. The first-order valence-electron chi connectivity index (χ1n) is 6.92. The minimum absolute atomic E-state index is 0.0550. The number of nitrogens with two attached hydrogens (primary N) is 1. The van der Waals surface area contributed by atoms with Crippen molar-refractivity contribution in [3.05, 3.63) is 35.6 Å². The molecular weight excluding hydrogens is 300 g/mol. The standard InChI is InChI=1S/C14H16N6OS/c1-9(20-8-17-10-4-2-3-5-11(10)20)13(21)16-7-6-12-18-19-14(15)22-12/h2-5,8-9H,6-7H2,1H3,(H2,15,19)(H,16,21)/t9-/m0/s1. The number of aromatic nitrogens is 4. The van der Waals surface area contributed by atoms with E-state index in [0.717, 1.165) is 16.0 Å². The van der Waals surface area contributed by atoms with Gasteiger partial charge in [-0.1, -0.05) is 23.5 Å². The summed E-state index contributed by atoms with van der Waals surface area (Å²) in [6.07, 6.45) is 2.32. The number of benzene rings is 1. The minimum atomic E-state index is -0.327. The summed E-state index contributed by atoms with van der Waals surface area (Å²) < 4.78 is 1.87. The van der Waals surface area contributed by atoms with Crippen LogP contribution in [0.3, 0.4) is 0 Å². The number of carbonyl (C=O) groups is 1. The highest BCUT2D eigenvalue weighted by molar-refractivity contribution is 7.15. The summed E-state index contributed by atoms with van der Waals surface area (Å²) >= 11 is 1.34. The number of rotatable bonds is 5. The van der Waals surface area contributed by atoms with Crippen LogP contribution in [0.15, 0.2) is 30.6 Å². The largest absolute Gasteiger partial charge is 0.374 e. The van der Waals surface area contributed by atoms with Crippen molar-refractivity contribution in [2.45, 2.75) is 19.4 Å². The van der Waals surface area contributed by atoms with E-state index >= 15 is 0 Å². The van der Waals surface area contributed by atoms with Crippen molar-refractivity contribution in [3.8, 4) is 0 Å². The van der Waals surface area contributed by atoms with Crippen LogP contribution in [-0.4, -0.2) is 32.2 Å². The number of carbonyl (C=O) groups excluding carboxylic acids is 1. The second kappa shape index (κ2) is 6.10. The molecule has 0 saturated carbocycles. The zero-order valence-electron chi connectivity index (χ0n) is 12.1. The van der Waals surface area contributed by atoms with Gasteiger partial charge in [0.2, 0.25) is 11.0 Å². The average molecular weight is 316 g/mol. The lowest BCUT2D eigenvalue weighted by Crippen LogP contribution is -2.32. The molecule has 1 amide bonds. The number of fused-ring (bicyclic) bond motifs is 1. The second-order valence-electron chi connectivity index (χ2n) is 4.89. The number of para-hydroxylation sites is 2. The van der Waals surface area contributed by atoms with E-state index in [-0.39, 0.29) is 11.9 Å². The molecule has 2 aromatic heterocycles. The third kappa shape index (κ3) is 2.91. The predicted octanol–water partition coefficient (Wildman–Crippen LogP) is 1.39. The maximum atomic E-state index is 12.3. The summed E-state index contributed by atoms with van der Waals surface area (Å²) in [4.78, 5) is 16.6. The van der Waals surface area contributed by atoms with Crippen LogP contribution in [0.2, 0.25) is 0 Å². The Morgan fingerprint density at radius 2 is 2.23 bits per heavy atom. The molecule has 0 unspecified atom stereocenters. The van der Waals surface area contributed by atoms with E-state index in [9.17, 15) is 4.79 Å². The van der Waals surface area contributed by atoms with Gasteiger partial charge in [0.1, 0.15) is 11.0 Å². The number of hydrogen-bond acceptors (Lipinski definition) is 6. The van der Waals surface area contributed by atoms with Crippen molar-refractivity contribution < 1.29 is 4.79 Å². The van der Waals surface area contributed by atoms with Gasteiger partial charge >= 0.3 is 0 Å². The van der Waals surface area contributed by atoms with E-state index < -0.39 is 0 Å². The third-order valence-electron chi connectivity index (χ3n) is 3.40. The van der Waals surface area contributed by atoms with Crippen LogP contribution < -0.4 is 11.1 Å². The molecule has 3 N–H and O–H groups in total. The van der Waals surface area contributed by atoms with Crippen LogP contribution in [-0.2, 0) is 11.2 Å². The summed E-state index contributed by atoms with van der Waals surface area (Å²) in [6.45, 7) is 2.36. The number of anilines is 1. The Morgan fingerprint density at radius 1 is 1.41 bits per heavy atom. The van der Waals surface area contributed by atoms with Crippen LogP contribution in [0.4, 0.5) is 5.13 Å². The molecule has 1 atom stereocenters. The van der Waals surface area contributed by atoms with Crippen molar-refractivity contribution in [2.75, 3.05) is 12.3 Å². The van der Waals surface area contributed by atoms with Crippen molar-refractivity contribution >= 4 is 33.4 Å². The quantitative estimate of drug-likeness (QED) is 0.741. The van der Waals surface area contributed by atoms with Gasteiger partial charge in [0, 0.05) is 13.0 Å². The minimum Gasteiger partial charge on any atom is -0.374 e. The molecule has 0 fully saturated rings. The van der Waals surface area contributed by atoms with E-state index in [1.54, 1.807) is 6.33 Å². The number of hydrogen-bond donors (Lipinski definition) is 2. The Bertz CT molecular complexity index is 795. The molecule has 0 radical (unpaired) electrons. The number of nitrogens with one attached hydrogen (secondary N) is 1. The van der Waals surface area contributed by atoms with Gasteiger partial charge in [0.15, 0.2) is 0 Å². The lowest BCUT2D eigenvalue weighted by molar-refractivity contribution is -0.123. The molecule has 0 bridgehead atoms. The molecule has 2 heterocycles. The molecule has 0 spiro atoms. The molecule has 8 heteroatoms. The average Bonchev–Trinajstić information content (AvgIpc) is 3.12. The topological polar surface area (TPSA) is 98.7 Å². The Kier molecular flexibility index (Phi) is 4.01. The zero-order chi connectivity index (χ0) is 15.5. The van der Waals surface area contributed by atoms with Gasteiger partial charge in [0.25, 0.3) is 0 Å². The van der Waals surface area contributed by atoms with Gasteiger partial charge in [-0.05, 0) is 19.1 Å². The summed E-state index contributed by atoms with van der Waals surface area (Å²) in [5.74, 6) is -0.0550. The molecule has 0 aliphatic heterocycles. The first-order chi connectivity index (χ1) is 10.6. The number of imidazole rings is 1. The van der Waals surface area contributed by atoms with Crippen LogP contribution in [0.1, 0.15) is 18.0 Å². The molecular formula is C14H16N6OS. The lowest BCUT2D eigenvalue weighted by Gasteiger charge is -2.14. The summed E-state index contributed by atoms with van der Waals surface area (Å²) in [5.41, 5.74) is 7.35. The van der Waals surface area contributed by atoms with Gasteiger partial charge in [-0.3, -0.25) is 4.79 Å². The van der Waals surface area contributed by atoms with Crippen LogP contribution in [0, 0.1) is 0 Å². The fourth-order valence-corrected chi connectivity index (χ4v) is 2.83. The zero-order valence-corrected chi connectivity index (χ0v) is 12.9. The summed E-state index contributed by atoms with van der Waals surface area (Å²) in [7, 11) is 0. The first kappa shape index (κ1) is 14.5. The summed E-state index contributed by atoms with van der Waals surface area (Å²) in [5, 5.41) is 11.8. The van der Waals surface area contributed by atoms with Gasteiger partial charge < -0.3 is 15.6 Å². The van der Waals surface area contributed by atoms with E-state index in [1.165, 1.54) is 11.3 Å². The molecule has 22 heavy (non-hydrogen) atoms. The maximum absolute atomic E-state index is 12.3. The van der Waals surface area contributed by atoms with Crippen LogP contribution in [0.25, 0.3) is 11.0 Å². The van der Waals surface area contributed by atoms with Crippen molar-refractivity contribution in [2.24, 2.45) is 0 Å². The Balaban J connectivity index is 1.62. The Morgan fingerprint density at radius 3 is 3.00 bits per heavy atom. The summed E-state index contributed by atoms with van der Waals surface area (Å²) in [6, 6.07) is 7.42. The smallest absolute Gasteiger partial charge is 0.242 e. The highest BCUT2D eigenvalue weighted by Crippen LogP contribution is 2.17. The molecule has 0 saturated heterocycles. The third-order valence-corrected chi connectivity index (χ3v) is 4.21. The van der Waals surface area contributed by atoms with Crippen LogP contribution >= 0.6 is 11.3 Å². The Hall–Kier alpha value is -2.48. The molecule has 0 aliphatic rings. The molecule has 1 aromatic carbocycles. The molecule has 3 rings (SSSR count). The second-order valence-corrected chi connectivity index (χ2v) is 5.99. The molecule has 3 aromatic rings. The van der Waals surface area contributed by atoms with Gasteiger partial charge in [-0.25, -0.2) is 4.98 Å². The van der Waals surface area contributed by atoms with Crippen molar-refractivity contribution in [3.63, 3.8) is 0 Å². The number of amides is 1. The SMILES string of the molecule is C[C@@H](C(=O)NCCc1nnc(N)s1)n1cnc2ccccc21. The van der Waals surface area contributed by atoms with E-state index in [0.29, 0.717) is 18.1 Å². The number of nitrogen functional groups attached to an aromatic ring is 1. The number of nitrogens with zero attached hydrogens (tertiary/aromatic N) is 4. The van der Waals surface area contributed by atoms with Gasteiger partial charge in [0.05, 0.1) is 17.4 Å². The molecule has 0 aliphatic carbocycles. The van der Waals surface area contributed by atoms with Crippen molar-refractivity contribution in [1.82, 2.24) is 25.1 Å². The predicted molar refractivity (Wildman–Crippen MR) is 85.5 cm³/mol. The normalized spacial score (nSPS) is 12.4.